The first-order chi connectivity index (χ1) is 30.5. The van der Waals surface area contributed by atoms with Gasteiger partial charge in [-0.1, -0.05) is 56.5 Å². The Morgan fingerprint density at radius 1 is 0.540 bits per heavy atom. The zero-order valence-electron chi connectivity index (χ0n) is 34.9. The monoisotopic (exact) mass is 857 g/mol. The Balaban J connectivity index is 0.904. The van der Waals surface area contributed by atoms with Gasteiger partial charge >= 0.3 is 0 Å². The molecule has 0 amide bonds. The summed E-state index contributed by atoms with van der Waals surface area (Å²) in [6.07, 6.45) is 4.56. The molecule has 12 heteroatoms. The third kappa shape index (κ3) is 7.46. The molecule has 4 aromatic heterocycles. The van der Waals surface area contributed by atoms with Crippen molar-refractivity contribution in [2.24, 2.45) is 0 Å². The molecule has 316 valence electrons. The summed E-state index contributed by atoms with van der Waals surface area (Å²) in [7, 11) is -4.06. The van der Waals surface area contributed by atoms with E-state index in [4.69, 9.17) is 17.7 Å². The number of nitrogens with zero attached hydrogens (tertiary/aromatic N) is 3. The highest BCUT2D eigenvalue weighted by molar-refractivity contribution is 7.91. The first-order valence-electron chi connectivity index (χ1n) is 21.1. The highest BCUT2D eigenvalue weighted by Crippen LogP contribution is 2.40. The van der Waals surface area contributed by atoms with E-state index in [1.807, 2.05) is 43.3 Å². The Labute approximate surface area is 362 Å². The number of unbranched alkanes of at least 4 members (excludes halogenated alkanes) is 2. The fourth-order valence-electron chi connectivity index (χ4n) is 7.92. The third-order valence-electron chi connectivity index (χ3n) is 11.5. The van der Waals surface area contributed by atoms with Crippen LogP contribution in [-0.2, 0) is 9.84 Å². The largest absolute Gasteiger partial charge is 0.507 e. The Kier molecular flexibility index (Phi) is 10.0. The van der Waals surface area contributed by atoms with Crippen LogP contribution in [0.2, 0.25) is 0 Å². The van der Waals surface area contributed by atoms with Crippen LogP contribution in [0.5, 0.6) is 11.5 Å². The second kappa shape index (κ2) is 15.9. The summed E-state index contributed by atoms with van der Waals surface area (Å²) >= 11 is 0. The molecule has 10 aromatic rings. The van der Waals surface area contributed by atoms with Crippen LogP contribution < -0.4 is 4.90 Å². The molecule has 0 aliphatic rings. The lowest BCUT2D eigenvalue weighted by Gasteiger charge is -2.24. The maximum atomic E-state index is 14.0. The van der Waals surface area contributed by atoms with Crippen molar-refractivity contribution in [2.45, 2.75) is 56.2 Å². The summed E-state index contributed by atoms with van der Waals surface area (Å²) in [6.45, 7) is 8.47. The van der Waals surface area contributed by atoms with E-state index in [0.717, 1.165) is 66.2 Å². The third-order valence-corrected chi connectivity index (χ3v) is 13.2. The van der Waals surface area contributed by atoms with E-state index in [9.17, 15) is 18.6 Å². The summed E-state index contributed by atoms with van der Waals surface area (Å²) in [5, 5.41) is 23.6. The summed E-state index contributed by atoms with van der Waals surface area (Å²) in [4.78, 5) is 11.6. The summed E-state index contributed by atoms with van der Waals surface area (Å²) in [5.41, 5.74) is 7.11. The average Bonchev–Trinajstić information content (AvgIpc) is 4.10. The Morgan fingerprint density at radius 2 is 1.00 bits per heavy atom. The van der Waals surface area contributed by atoms with Crippen LogP contribution in [0.1, 0.15) is 45.1 Å². The highest BCUT2D eigenvalue weighted by atomic mass is 32.2. The van der Waals surface area contributed by atoms with Gasteiger partial charge in [-0.15, -0.1) is 0 Å². The van der Waals surface area contributed by atoms with Crippen molar-refractivity contribution >= 4 is 59.7 Å². The van der Waals surface area contributed by atoms with Crippen LogP contribution in [0.25, 0.3) is 89.7 Å². The van der Waals surface area contributed by atoms with Gasteiger partial charge in [-0.2, -0.15) is 0 Å². The molecular weight excluding hydrogens is 815 g/mol. The Morgan fingerprint density at radius 3 is 1.46 bits per heavy atom. The molecule has 0 fully saturated rings. The number of anilines is 1. The normalized spacial score (nSPS) is 12.0. The molecular formula is C51H43N3O8S. The number of hydrogen-bond donors (Lipinski definition) is 2. The van der Waals surface area contributed by atoms with E-state index in [1.54, 1.807) is 24.3 Å². The fourth-order valence-corrected chi connectivity index (χ4v) is 9.22. The van der Waals surface area contributed by atoms with E-state index in [1.165, 1.54) is 42.1 Å². The SMILES string of the molecule is CCCCN(CCCC)c1ccc(-c2cc3cc(-c4nc5cc(S(=O)(=O)c6ccc7oc(-c8cc9cc(-c%10ccc(C)cc%10)oc9cc8O)nc7c6)ccc5o4)c(O)cc3o2)cc1. The van der Waals surface area contributed by atoms with Gasteiger partial charge in [0.25, 0.3) is 0 Å². The van der Waals surface area contributed by atoms with Crippen molar-refractivity contribution in [1.82, 2.24) is 9.97 Å². The van der Waals surface area contributed by atoms with E-state index in [2.05, 4.69) is 53.0 Å². The molecule has 0 radical (unpaired) electrons. The van der Waals surface area contributed by atoms with Gasteiger partial charge < -0.3 is 32.8 Å². The van der Waals surface area contributed by atoms with Gasteiger partial charge in [0.15, 0.2) is 11.2 Å². The number of benzene rings is 6. The molecule has 11 nitrogen and oxygen atoms in total. The minimum atomic E-state index is -4.06. The quantitative estimate of drug-likeness (QED) is 0.114. The van der Waals surface area contributed by atoms with E-state index >= 15 is 0 Å². The minimum absolute atomic E-state index is 0.00521. The van der Waals surface area contributed by atoms with Gasteiger partial charge in [0.2, 0.25) is 21.6 Å². The number of furan rings is 2. The maximum absolute atomic E-state index is 14.0. The lowest BCUT2D eigenvalue weighted by Crippen LogP contribution is -2.25. The molecule has 0 unspecified atom stereocenters. The number of hydrogen-bond acceptors (Lipinski definition) is 11. The molecule has 0 aliphatic carbocycles. The van der Waals surface area contributed by atoms with Gasteiger partial charge in [0.05, 0.1) is 20.9 Å². The van der Waals surface area contributed by atoms with Crippen LogP contribution in [-0.4, -0.2) is 41.7 Å². The predicted octanol–water partition coefficient (Wildman–Crippen LogP) is 13.1. The van der Waals surface area contributed by atoms with Gasteiger partial charge in [-0.3, -0.25) is 0 Å². The van der Waals surface area contributed by atoms with E-state index in [-0.39, 0.29) is 33.1 Å². The Bertz CT molecular complexity index is 3420. The van der Waals surface area contributed by atoms with Crippen molar-refractivity contribution in [3.63, 3.8) is 0 Å². The first kappa shape index (κ1) is 39.8. The molecule has 0 atom stereocenters. The molecule has 0 spiro atoms. The summed E-state index contributed by atoms with van der Waals surface area (Å²) in [6, 6.07) is 35.6. The predicted molar refractivity (Wildman–Crippen MR) is 245 cm³/mol. The molecule has 6 aromatic carbocycles. The smallest absolute Gasteiger partial charge is 0.231 e. The summed E-state index contributed by atoms with van der Waals surface area (Å²) in [5.74, 6) is 1.39. The molecule has 0 aliphatic heterocycles. The number of rotatable bonds is 13. The zero-order chi connectivity index (χ0) is 43.4. The van der Waals surface area contributed by atoms with Gasteiger partial charge in [-0.25, -0.2) is 18.4 Å². The number of oxazole rings is 2. The van der Waals surface area contributed by atoms with E-state index < -0.39 is 9.84 Å². The van der Waals surface area contributed by atoms with Crippen LogP contribution in [0.4, 0.5) is 5.69 Å². The standard InChI is InChI=1S/C51H43N3O8S/c1-4-6-20-54(21-7-5-2)35-14-12-32(13-15-35)47-25-34-23-39(43(56)29-49(34)60-47)51-53-41-27-37(17-19-45(41)62-51)63(57,58)36-16-18-44-40(26-36)52-50(61-44)38-22-33-24-46(59-48(33)28-42(38)55)31-10-8-30(3)9-11-31/h8-19,22-29,55-56H,4-7,20-21H2,1-3H3. The number of aromatic hydroxyl groups is 2. The number of phenols is 2. The lowest BCUT2D eigenvalue weighted by molar-refractivity contribution is 0.472. The van der Waals surface area contributed by atoms with Gasteiger partial charge in [0, 0.05) is 52.8 Å². The number of aryl methyl sites for hydroxylation is 1. The fraction of sp³-hybridized carbons (Fsp3) is 0.176. The Hall–Kier alpha value is -7.31. The average molecular weight is 858 g/mol. The molecule has 0 saturated carbocycles. The van der Waals surface area contributed by atoms with Crippen LogP contribution >= 0.6 is 0 Å². The second-order valence-electron chi connectivity index (χ2n) is 15.9. The summed E-state index contributed by atoms with van der Waals surface area (Å²) < 4.78 is 52.4. The van der Waals surface area contributed by atoms with Crippen molar-refractivity contribution < 1.29 is 36.3 Å². The van der Waals surface area contributed by atoms with Crippen LogP contribution in [0, 0.1) is 6.92 Å². The van der Waals surface area contributed by atoms with Crippen LogP contribution in [0.3, 0.4) is 0 Å². The maximum Gasteiger partial charge on any atom is 0.231 e. The van der Waals surface area contributed by atoms with E-state index in [0.29, 0.717) is 56.0 Å². The molecule has 4 heterocycles. The van der Waals surface area contributed by atoms with Crippen molar-refractivity contribution in [3.8, 4) is 57.1 Å². The van der Waals surface area contributed by atoms with Crippen molar-refractivity contribution in [3.05, 3.63) is 127 Å². The molecule has 2 N–H and O–H groups in total. The van der Waals surface area contributed by atoms with Gasteiger partial charge in [0.1, 0.15) is 45.2 Å². The number of aromatic nitrogens is 2. The lowest BCUT2D eigenvalue weighted by atomic mass is 10.1. The number of sulfone groups is 1. The minimum Gasteiger partial charge on any atom is -0.507 e. The highest BCUT2D eigenvalue weighted by Gasteiger charge is 2.24. The zero-order valence-corrected chi connectivity index (χ0v) is 35.7. The molecule has 0 saturated heterocycles. The van der Waals surface area contributed by atoms with Gasteiger partial charge in [-0.05, 0) is 105 Å². The first-order valence-corrected chi connectivity index (χ1v) is 22.6. The number of fused-ring (bicyclic) bond motifs is 4. The topological polar surface area (TPSA) is 156 Å². The molecule has 10 rings (SSSR count). The van der Waals surface area contributed by atoms with Crippen LogP contribution in [0.15, 0.2) is 149 Å². The second-order valence-corrected chi connectivity index (χ2v) is 17.9. The van der Waals surface area contributed by atoms with Crippen molar-refractivity contribution in [1.29, 1.82) is 0 Å². The molecule has 63 heavy (non-hydrogen) atoms. The molecule has 0 bridgehead atoms. The van der Waals surface area contributed by atoms with Crippen molar-refractivity contribution in [2.75, 3.05) is 18.0 Å². The number of phenolic OH excluding ortho intramolecular Hbond substituents is 2.